The van der Waals surface area contributed by atoms with Crippen LogP contribution in [0.5, 0.6) is 0 Å². The van der Waals surface area contributed by atoms with Gasteiger partial charge in [0, 0.05) is 18.2 Å². The van der Waals surface area contributed by atoms with Gasteiger partial charge >= 0.3 is 0 Å². The van der Waals surface area contributed by atoms with Gasteiger partial charge < -0.3 is 21.1 Å². The molecule has 10 heteroatoms. The normalized spacial score (nSPS) is 15.8. The highest BCUT2D eigenvalue weighted by molar-refractivity contribution is 7.93. The predicted molar refractivity (Wildman–Crippen MR) is 184 cm³/mol. The van der Waals surface area contributed by atoms with E-state index < -0.39 is 34.1 Å². The summed E-state index contributed by atoms with van der Waals surface area (Å²) in [7, 11) is -3.72. The van der Waals surface area contributed by atoms with Gasteiger partial charge in [-0.2, -0.15) is 0 Å². The number of sulfonamides is 1. The Kier molecular flexibility index (Phi) is 13.2. The Morgan fingerprint density at radius 1 is 0.913 bits per heavy atom. The molecule has 1 aliphatic carbocycles. The lowest BCUT2D eigenvalue weighted by Crippen LogP contribution is -2.53. The van der Waals surface area contributed by atoms with Gasteiger partial charge in [-0.25, -0.2) is 12.7 Å². The average molecular weight is 649 g/mol. The Labute approximate surface area is 273 Å². The van der Waals surface area contributed by atoms with Gasteiger partial charge in [0.15, 0.2) is 0 Å². The summed E-state index contributed by atoms with van der Waals surface area (Å²) in [6.07, 6.45) is 6.01. The van der Waals surface area contributed by atoms with Crippen LogP contribution in [0.25, 0.3) is 0 Å². The van der Waals surface area contributed by atoms with Crippen LogP contribution in [0.1, 0.15) is 74.7 Å². The first kappa shape index (κ1) is 35.1. The van der Waals surface area contributed by atoms with Gasteiger partial charge in [-0.15, -0.1) is 0 Å². The minimum atomic E-state index is -3.72. The lowest BCUT2D eigenvalue weighted by atomic mass is 9.95. The maximum Gasteiger partial charge on any atom is 0.251 e. The van der Waals surface area contributed by atoms with Crippen molar-refractivity contribution in [2.45, 2.75) is 89.4 Å². The number of para-hydroxylation sites is 1. The van der Waals surface area contributed by atoms with Crippen LogP contribution >= 0.6 is 0 Å². The first-order valence-corrected chi connectivity index (χ1v) is 18.0. The van der Waals surface area contributed by atoms with E-state index in [4.69, 9.17) is 0 Å². The molecule has 4 N–H and O–H groups in total. The molecular formula is C36H48N4O5S. The number of aliphatic hydroxyl groups is 1. The molecule has 3 atom stereocenters. The molecule has 46 heavy (non-hydrogen) atoms. The number of hydrogen-bond acceptors (Lipinski definition) is 6. The molecule has 3 aromatic carbocycles. The van der Waals surface area contributed by atoms with E-state index in [1.165, 1.54) is 10.7 Å². The quantitative estimate of drug-likeness (QED) is 0.172. The average Bonchev–Trinajstić information content (AvgIpc) is 3.07. The minimum Gasteiger partial charge on any atom is -0.390 e. The monoisotopic (exact) mass is 648 g/mol. The Balaban J connectivity index is 1.50. The fourth-order valence-electron chi connectivity index (χ4n) is 5.73. The van der Waals surface area contributed by atoms with Crippen molar-refractivity contribution < 1.29 is 23.1 Å². The summed E-state index contributed by atoms with van der Waals surface area (Å²) in [6, 6.07) is 23.9. The molecule has 1 fully saturated rings. The van der Waals surface area contributed by atoms with Crippen LogP contribution in [0.2, 0.25) is 0 Å². The lowest BCUT2D eigenvalue weighted by molar-refractivity contribution is -0.123. The third-order valence-electron chi connectivity index (χ3n) is 8.42. The molecule has 1 saturated carbocycles. The summed E-state index contributed by atoms with van der Waals surface area (Å²) >= 11 is 0. The summed E-state index contributed by atoms with van der Waals surface area (Å²) in [6.45, 7) is 3.80. The van der Waals surface area contributed by atoms with E-state index in [0.29, 0.717) is 24.2 Å². The van der Waals surface area contributed by atoms with Crippen LogP contribution in [0, 0.1) is 0 Å². The first-order chi connectivity index (χ1) is 22.2. The van der Waals surface area contributed by atoms with E-state index >= 15 is 0 Å². The van der Waals surface area contributed by atoms with Crippen molar-refractivity contribution in [3.05, 3.63) is 96.1 Å². The number of nitrogens with zero attached hydrogens (tertiary/aromatic N) is 1. The Hall–Kier alpha value is -3.73. The molecule has 9 nitrogen and oxygen atoms in total. The second kappa shape index (κ2) is 17.3. The summed E-state index contributed by atoms with van der Waals surface area (Å²) in [5.41, 5.74) is 2.04. The highest BCUT2D eigenvalue weighted by Crippen LogP contribution is 2.30. The van der Waals surface area contributed by atoms with Crippen LogP contribution in [0.3, 0.4) is 0 Å². The number of anilines is 2. The molecule has 0 saturated heterocycles. The van der Waals surface area contributed by atoms with Crippen molar-refractivity contribution in [1.82, 2.24) is 16.0 Å². The second-order valence-electron chi connectivity index (χ2n) is 12.1. The maximum atomic E-state index is 13.7. The van der Waals surface area contributed by atoms with Crippen LogP contribution in [-0.4, -0.2) is 61.9 Å². The fraction of sp³-hybridized carbons (Fsp3) is 0.444. The number of amides is 2. The third kappa shape index (κ3) is 10.1. The third-order valence-corrected chi connectivity index (χ3v) is 10.2. The van der Waals surface area contributed by atoms with Gasteiger partial charge in [-0.05, 0) is 68.5 Å². The molecule has 0 heterocycles. The molecule has 2 amide bonds. The molecule has 0 bridgehead atoms. The van der Waals surface area contributed by atoms with Gasteiger partial charge in [-0.3, -0.25) is 9.59 Å². The maximum absolute atomic E-state index is 13.7. The molecule has 0 aromatic heterocycles. The predicted octanol–water partition coefficient (Wildman–Crippen LogP) is 5.08. The molecule has 1 aliphatic rings. The number of unbranched alkanes of at least 4 members (excludes halogenated alkanes) is 1. The molecule has 0 spiro atoms. The van der Waals surface area contributed by atoms with E-state index in [-0.39, 0.29) is 29.8 Å². The Bertz CT molecular complexity index is 1500. The number of rotatable bonds is 16. The number of nitrogens with one attached hydrogen (secondary N) is 3. The van der Waals surface area contributed by atoms with Gasteiger partial charge in [-0.1, -0.05) is 87.2 Å². The van der Waals surface area contributed by atoms with Gasteiger partial charge in [0.1, 0.15) is 0 Å². The molecule has 4 rings (SSSR count). The molecule has 248 valence electrons. The zero-order valence-corrected chi connectivity index (χ0v) is 27.7. The number of aliphatic hydroxyl groups excluding tert-OH is 1. The lowest BCUT2D eigenvalue weighted by Gasteiger charge is -2.28. The van der Waals surface area contributed by atoms with E-state index in [1.54, 1.807) is 55.5 Å². The van der Waals surface area contributed by atoms with Crippen LogP contribution in [-0.2, 0) is 21.2 Å². The zero-order valence-electron chi connectivity index (χ0n) is 26.9. The molecule has 3 aromatic rings. The molecular weight excluding hydrogens is 600 g/mol. The van der Waals surface area contributed by atoms with Gasteiger partial charge in [0.05, 0.1) is 35.3 Å². The van der Waals surface area contributed by atoms with E-state index in [2.05, 4.69) is 16.0 Å². The molecule has 0 unspecified atom stereocenters. The topological polar surface area (TPSA) is 128 Å². The van der Waals surface area contributed by atoms with Crippen molar-refractivity contribution in [3.63, 3.8) is 0 Å². The second-order valence-corrected chi connectivity index (χ2v) is 14.1. The van der Waals surface area contributed by atoms with Gasteiger partial charge in [0.2, 0.25) is 15.9 Å². The summed E-state index contributed by atoms with van der Waals surface area (Å²) in [4.78, 5) is 26.5. The van der Waals surface area contributed by atoms with Crippen molar-refractivity contribution in [1.29, 1.82) is 0 Å². The molecule has 0 aliphatic heterocycles. The number of carbonyl (C=O) groups excluding carboxylic acids is 2. The molecule has 0 radical (unpaired) electrons. The van der Waals surface area contributed by atoms with Crippen molar-refractivity contribution in [2.24, 2.45) is 0 Å². The summed E-state index contributed by atoms with van der Waals surface area (Å²) in [5.74, 6) is -0.565. The SMILES string of the molecule is CCCCS(=O)(=O)N(c1ccccc1)c1cccc(C(=O)N[C@@H](Cc2ccccc2)[C@H](O)CN[C@@H](C)C(=O)NC2CCCCC2)c1. The standard InChI is InChI=1S/C36H48N4O5S/c1-3-4-23-46(44,45)40(31-20-12-7-13-21-31)32-22-14-17-29(25-32)36(43)39-33(24-28-15-8-5-9-16-28)34(41)26-37-27(2)35(42)38-30-18-10-6-11-19-30/h5,7-9,12-17,20-22,25,27,30,33-34,37,41H,3-4,6,10-11,18-19,23-24,26H2,1-2H3,(H,38,42)(H,39,43)/t27-,33-,34+/m0/s1. The summed E-state index contributed by atoms with van der Waals surface area (Å²) < 4.78 is 28.3. The highest BCUT2D eigenvalue weighted by atomic mass is 32.2. The fourth-order valence-corrected chi connectivity index (χ4v) is 7.45. The largest absolute Gasteiger partial charge is 0.390 e. The van der Waals surface area contributed by atoms with E-state index in [9.17, 15) is 23.1 Å². The van der Waals surface area contributed by atoms with Crippen LogP contribution < -0.4 is 20.3 Å². The minimum absolute atomic E-state index is 0.0235. The zero-order chi connectivity index (χ0) is 32.9. The smallest absolute Gasteiger partial charge is 0.251 e. The highest BCUT2D eigenvalue weighted by Gasteiger charge is 2.27. The van der Waals surface area contributed by atoms with Crippen molar-refractivity contribution in [3.8, 4) is 0 Å². The van der Waals surface area contributed by atoms with Crippen molar-refractivity contribution >= 4 is 33.2 Å². The number of carbonyl (C=O) groups is 2. The van der Waals surface area contributed by atoms with E-state index in [0.717, 1.165) is 37.7 Å². The first-order valence-electron chi connectivity index (χ1n) is 16.4. The summed E-state index contributed by atoms with van der Waals surface area (Å²) in [5, 5.41) is 20.5. The van der Waals surface area contributed by atoms with Gasteiger partial charge in [0.25, 0.3) is 5.91 Å². The Morgan fingerprint density at radius 3 is 2.24 bits per heavy atom. The number of hydrogen-bond donors (Lipinski definition) is 4. The van der Waals surface area contributed by atoms with Crippen molar-refractivity contribution in [2.75, 3.05) is 16.6 Å². The number of benzene rings is 3. The van der Waals surface area contributed by atoms with Crippen LogP contribution in [0.4, 0.5) is 11.4 Å². The Morgan fingerprint density at radius 2 is 1.57 bits per heavy atom. The van der Waals surface area contributed by atoms with Crippen LogP contribution in [0.15, 0.2) is 84.9 Å². The van der Waals surface area contributed by atoms with E-state index in [1.807, 2.05) is 43.3 Å².